The van der Waals surface area contributed by atoms with Crippen molar-refractivity contribution in [1.82, 2.24) is 0 Å². The molecule has 1 aliphatic carbocycles. The lowest BCUT2D eigenvalue weighted by atomic mass is 9.76. The Labute approximate surface area is 75.5 Å². The molecule has 1 rings (SSSR count). The van der Waals surface area contributed by atoms with Gasteiger partial charge in [0.2, 0.25) is 0 Å². The van der Waals surface area contributed by atoms with Crippen molar-refractivity contribution in [3.8, 4) is 0 Å². The first kappa shape index (κ1) is 9.79. The first-order chi connectivity index (χ1) is 5.62. The molecule has 0 radical (unpaired) electrons. The number of aliphatic hydroxyl groups excluding tert-OH is 1. The van der Waals surface area contributed by atoms with E-state index in [9.17, 15) is 5.11 Å². The molecule has 70 valence electrons. The summed E-state index contributed by atoms with van der Waals surface area (Å²) in [5.41, 5.74) is 1.10. The highest BCUT2D eigenvalue weighted by Crippen LogP contribution is 2.45. The number of aliphatic hydroxyl groups is 1. The zero-order valence-corrected chi connectivity index (χ0v) is 8.27. The second kappa shape index (κ2) is 3.61. The van der Waals surface area contributed by atoms with Gasteiger partial charge in [-0.1, -0.05) is 31.9 Å². The van der Waals surface area contributed by atoms with Crippen LogP contribution in [0.4, 0.5) is 0 Å². The Balaban J connectivity index is 2.71. The van der Waals surface area contributed by atoms with Crippen molar-refractivity contribution in [3.63, 3.8) is 0 Å². The van der Waals surface area contributed by atoms with Gasteiger partial charge in [0.25, 0.3) is 0 Å². The van der Waals surface area contributed by atoms with Crippen LogP contribution in [0.2, 0.25) is 0 Å². The van der Waals surface area contributed by atoms with Crippen molar-refractivity contribution in [3.05, 3.63) is 12.2 Å². The normalized spacial score (nSPS) is 23.9. The summed E-state index contributed by atoms with van der Waals surface area (Å²) in [6.07, 6.45) is 5.72. The predicted molar refractivity (Wildman–Crippen MR) is 52.0 cm³/mol. The molecule has 0 saturated heterocycles. The zero-order valence-electron chi connectivity index (χ0n) is 8.27. The van der Waals surface area contributed by atoms with E-state index in [0.717, 1.165) is 12.0 Å². The zero-order chi connectivity index (χ0) is 9.19. The molecule has 0 amide bonds. The number of hydrogen-bond donors (Lipinski definition) is 1. The van der Waals surface area contributed by atoms with Gasteiger partial charge in [-0.3, -0.25) is 0 Å². The summed E-state index contributed by atoms with van der Waals surface area (Å²) in [5, 5.41) is 9.98. The molecule has 1 heteroatoms. The molecule has 1 atom stereocenters. The van der Waals surface area contributed by atoms with E-state index in [0.29, 0.717) is 0 Å². The van der Waals surface area contributed by atoms with E-state index in [4.69, 9.17) is 0 Å². The van der Waals surface area contributed by atoms with Crippen LogP contribution in [0.15, 0.2) is 12.2 Å². The molecule has 0 aliphatic heterocycles. The van der Waals surface area contributed by atoms with Gasteiger partial charge in [-0.05, 0) is 31.6 Å². The topological polar surface area (TPSA) is 20.2 Å². The van der Waals surface area contributed by atoms with Crippen molar-refractivity contribution in [2.24, 2.45) is 5.41 Å². The van der Waals surface area contributed by atoms with Crippen molar-refractivity contribution in [1.29, 1.82) is 0 Å². The molecular weight excluding hydrogens is 148 g/mol. The average Bonchev–Trinajstić information content (AvgIpc) is 2.52. The van der Waals surface area contributed by atoms with Gasteiger partial charge in [0.1, 0.15) is 0 Å². The Morgan fingerprint density at radius 1 is 1.50 bits per heavy atom. The lowest BCUT2D eigenvalue weighted by Crippen LogP contribution is -2.32. The van der Waals surface area contributed by atoms with Gasteiger partial charge in [-0.2, -0.15) is 0 Å². The standard InChI is InChI=1S/C11H20O/c1-4-11(7-5-6-8-11)10(12)9(2)3/h10,12H,2,4-8H2,1,3H3. The van der Waals surface area contributed by atoms with Crippen molar-refractivity contribution >= 4 is 0 Å². The van der Waals surface area contributed by atoms with Gasteiger partial charge in [0.15, 0.2) is 0 Å². The lowest BCUT2D eigenvalue weighted by molar-refractivity contribution is 0.0539. The molecule has 0 heterocycles. The number of rotatable bonds is 3. The summed E-state index contributed by atoms with van der Waals surface area (Å²) in [4.78, 5) is 0. The third kappa shape index (κ3) is 1.56. The summed E-state index contributed by atoms with van der Waals surface area (Å²) in [7, 11) is 0. The minimum Gasteiger partial charge on any atom is -0.388 e. The predicted octanol–water partition coefficient (Wildman–Crippen LogP) is 2.89. The quantitative estimate of drug-likeness (QED) is 0.642. The van der Waals surface area contributed by atoms with Crippen LogP contribution in [0, 0.1) is 5.41 Å². The monoisotopic (exact) mass is 168 g/mol. The van der Waals surface area contributed by atoms with E-state index < -0.39 is 0 Å². The van der Waals surface area contributed by atoms with E-state index >= 15 is 0 Å². The maximum atomic E-state index is 9.98. The highest BCUT2D eigenvalue weighted by molar-refractivity contribution is 5.07. The Morgan fingerprint density at radius 3 is 2.33 bits per heavy atom. The molecule has 1 N–H and O–H groups in total. The SMILES string of the molecule is C=C(C)C(O)C1(CC)CCCC1. The van der Waals surface area contributed by atoms with Crippen LogP contribution in [0.25, 0.3) is 0 Å². The fourth-order valence-corrected chi connectivity index (χ4v) is 2.42. The van der Waals surface area contributed by atoms with Crippen LogP contribution in [0.1, 0.15) is 46.0 Å². The van der Waals surface area contributed by atoms with Crippen LogP contribution in [-0.4, -0.2) is 11.2 Å². The summed E-state index contributed by atoms with van der Waals surface area (Å²) < 4.78 is 0. The van der Waals surface area contributed by atoms with Gasteiger partial charge >= 0.3 is 0 Å². The molecule has 0 aromatic heterocycles. The first-order valence-corrected chi connectivity index (χ1v) is 4.96. The molecule has 0 aromatic rings. The van der Waals surface area contributed by atoms with Gasteiger partial charge in [-0.25, -0.2) is 0 Å². The van der Waals surface area contributed by atoms with E-state index in [-0.39, 0.29) is 11.5 Å². The Kier molecular flexibility index (Phi) is 2.94. The van der Waals surface area contributed by atoms with Gasteiger partial charge in [0, 0.05) is 0 Å². The van der Waals surface area contributed by atoms with Crippen molar-refractivity contribution in [2.75, 3.05) is 0 Å². The lowest BCUT2D eigenvalue weighted by Gasteiger charge is -2.33. The second-order valence-corrected chi connectivity index (χ2v) is 4.17. The van der Waals surface area contributed by atoms with Crippen molar-refractivity contribution < 1.29 is 5.11 Å². The fraction of sp³-hybridized carbons (Fsp3) is 0.818. The molecule has 1 nitrogen and oxygen atoms in total. The molecule has 12 heavy (non-hydrogen) atoms. The fourth-order valence-electron chi connectivity index (χ4n) is 2.42. The van der Waals surface area contributed by atoms with E-state index in [2.05, 4.69) is 13.5 Å². The Bertz CT molecular complexity index is 166. The summed E-state index contributed by atoms with van der Waals surface area (Å²) >= 11 is 0. The minimum absolute atomic E-state index is 0.172. The molecule has 0 spiro atoms. The third-order valence-corrected chi connectivity index (χ3v) is 3.35. The molecule has 1 saturated carbocycles. The summed E-state index contributed by atoms with van der Waals surface area (Å²) in [6.45, 7) is 7.95. The molecule has 0 aromatic carbocycles. The number of hydrogen-bond acceptors (Lipinski definition) is 1. The highest BCUT2D eigenvalue weighted by Gasteiger charge is 2.38. The van der Waals surface area contributed by atoms with E-state index in [1.165, 1.54) is 25.7 Å². The first-order valence-electron chi connectivity index (χ1n) is 4.96. The maximum Gasteiger partial charge on any atom is 0.0800 e. The average molecular weight is 168 g/mol. The van der Waals surface area contributed by atoms with Crippen LogP contribution < -0.4 is 0 Å². The van der Waals surface area contributed by atoms with Crippen LogP contribution >= 0.6 is 0 Å². The van der Waals surface area contributed by atoms with Gasteiger partial charge < -0.3 is 5.11 Å². The second-order valence-electron chi connectivity index (χ2n) is 4.17. The van der Waals surface area contributed by atoms with Crippen molar-refractivity contribution in [2.45, 2.75) is 52.1 Å². The van der Waals surface area contributed by atoms with E-state index in [1.807, 2.05) is 6.92 Å². The largest absolute Gasteiger partial charge is 0.388 e. The highest BCUT2D eigenvalue weighted by atomic mass is 16.3. The van der Waals surface area contributed by atoms with Crippen LogP contribution in [-0.2, 0) is 0 Å². The molecule has 1 unspecified atom stereocenters. The molecule has 0 bridgehead atoms. The minimum atomic E-state index is -0.273. The van der Waals surface area contributed by atoms with Crippen LogP contribution in [0.5, 0.6) is 0 Å². The smallest absolute Gasteiger partial charge is 0.0800 e. The Morgan fingerprint density at radius 2 is 2.00 bits per heavy atom. The van der Waals surface area contributed by atoms with Crippen LogP contribution in [0.3, 0.4) is 0 Å². The molecule has 1 aliphatic rings. The third-order valence-electron chi connectivity index (χ3n) is 3.35. The summed E-state index contributed by atoms with van der Waals surface area (Å²) in [6, 6.07) is 0. The van der Waals surface area contributed by atoms with Gasteiger partial charge in [0.05, 0.1) is 6.10 Å². The Hall–Kier alpha value is -0.300. The molecule has 1 fully saturated rings. The van der Waals surface area contributed by atoms with E-state index in [1.54, 1.807) is 0 Å². The summed E-state index contributed by atoms with van der Waals surface area (Å²) in [5.74, 6) is 0. The van der Waals surface area contributed by atoms with Gasteiger partial charge in [-0.15, -0.1) is 0 Å². The molecular formula is C11H20O. The maximum absolute atomic E-state index is 9.98.